The zero-order valence-corrected chi connectivity index (χ0v) is 25.6. The Morgan fingerprint density at radius 1 is 1.21 bits per heavy atom. The van der Waals surface area contributed by atoms with Gasteiger partial charge in [0.1, 0.15) is 29.8 Å². The van der Waals surface area contributed by atoms with Crippen molar-refractivity contribution in [2.75, 3.05) is 19.8 Å². The molecule has 1 amide bonds. The van der Waals surface area contributed by atoms with Crippen LogP contribution in [0.3, 0.4) is 0 Å². The van der Waals surface area contributed by atoms with Gasteiger partial charge < -0.3 is 28.4 Å². The summed E-state index contributed by atoms with van der Waals surface area (Å²) in [4.78, 5) is 19.3. The van der Waals surface area contributed by atoms with Crippen LogP contribution in [-0.4, -0.2) is 72.2 Å². The monoisotopic (exact) mass is 545 g/mol. The summed E-state index contributed by atoms with van der Waals surface area (Å²) in [6.45, 7) is 19.6. The van der Waals surface area contributed by atoms with Gasteiger partial charge in [-0.05, 0) is 71.1 Å². The number of hydrogen-bond donors (Lipinski definition) is 0. The first kappa shape index (κ1) is 28.9. The van der Waals surface area contributed by atoms with E-state index in [2.05, 4.69) is 37.3 Å². The second kappa shape index (κ2) is 11.6. The number of nitrogens with zero attached hydrogens (tertiary/aromatic N) is 3. The Bertz CT molecular complexity index is 1110. The van der Waals surface area contributed by atoms with Gasteiger partial charge in [0.15, 0.2) is 0 Å². The molecule has 2 aromatic rings. The highest BCUT2D eigenvalue weighted by molar-refractivity contribution is 6.76. The lowest BCUT2D eigenvalue weighted by Crippen LogP contribution is -2.42. The lowest BCUT2D eigenvalue weighted by Gasteiger charge is -2.29. The van der Waals surface area contributed by atoms with Crippen molar-refractivity contribution in [2.24, 2.45) is 0 Å². The van der Waals surface area contributed by atoms with E-state index in [0.717, 1.165) is 55.3 Å². The van der Waals surface area contributed by atoms with Crippen LogP contribution in [0.2, 0.25) is 25.7 Å². The fourth-order valence-corrected chi connectivity index (χ4v) is 6.11. The zero-order chi connectivity index (χ0) is 27.7. The summed E-state index contributed by atoms with van der Waals surface area (Å²) >= 11 is 0. The molecule has 0 radical (unpaired) electrons. The molecule has 0 bridgehead atoms. The van der Waals surface area contributed by atoms with Crippen molar-refractivity contribution in [3.63, 3.8) is 0 Å². The van der Waals surface area contributed by atoms with Crippen LogP contribution in [0.15, 0.2) is 18.5 Å². The van der Waals surface area contributed by atoms with E-state index in [9.17, 15) is 4.79 Å². The summed E-state index contributed by atoms with van der Waals surface area (Å²) in [5.74, 6) is 1.20. The molecule has 38 heavy (non-hydrogen) atoms. The molecule has 2 aromatic heterocycles. The summed E-state index contributed by atoms with van der Waals surface area (Å²) in [7, 11) is -1.16. The zero-order valence-electron chi connectivity index (χ0n) is 24.6. The number of carbonyl (C=O) groups excluding carboxylic acids is 1. The number of fused-ring (bicyclic) bond motifs is 1. The fourth-order valence-electron chi connectivity index (χ4n) is 5.35. The van der Waals surface area contributed by atoms with E-state index < -0.39 is 13.7 Å². The normalized spacial score (nSPS) is 24.7. The molecular formula is C29H47N3O5Si. The predicted octanol–water partition coefficient (Wildman–Crippen LogP) is 6.41. The van der Waals surface area contributed by atoms with Gasteiger partial charge in [-0.1, -0.05) is 19.6 Å². The third kappa shape index (κ3) is 7.10. The van der Waals surface area contributed by atoms with Gasteiger partial charge in [0.05, 0.1) is 17.5 Å². The molecule has 2 aliphatic rings. The average Bonchev–Trinajstić information content (AvgIpc) is 3.36. The Balaban J connectivity index is 1.59. The number of hydrogen-bond acceptors (Lipinski definition) is 6. The highest BCUT2D eigenvalue weighted by Gasteiger charge is 2.38. The van der Waals surface area contributed by atoms with Crippen molar-refractivity contribution >= 4 is 25.2 Å². The van der Waals surface area contributed by atoms with Gasteiger partial charge in [-0.2, -0.15) is 0 Å². The van der Waals surface area contributed by atoms with Gasteiger partial charge >= 0.3 is 6.09 Å². The van der Waals surface area contributed by atoms with Crippen LogP contribution < -0.4 is 4.74 Å². The fraction of sp³-hybridized carbons (Fsp3) is 0.724. The van der Waals surface area contributed by atoms with E-state index in [-0.39, 0.29) is 24.3 Å². The summed E-state index contributed by atoms with van der Waals surface area (Å²) in [5.41, 5.74) is 1.61. The van der Waals surface area contributed by atoms with E-state index in [1.807, 2.05) is 40.0 Å². The highest BCUT2D eigenvalue weighted by Crippen LogP contribution is 2.40. The minimum Gasteiger partial charge on any atom is -0.487 e. The number of carbonyl (C=O) groups is 1. The Kier molecular flexibility index (Phi) is 8.79. The molecule has 2 saturated heterocycles. The van der Waals surface area contributed by atoms with Crippen LogP contribution in [0.5, 0.6) is 5.75 Å². The number of ether oxygens (including phenoxy) is 4. The summed E-state index contributed by atoms with van der Waals surface area (Å²) < 4.78 is 26.4. The quantitative estimate of drug-likeness (QED) is 0.282. The molecule has 2 fully saturated rings. The summed E-state index contributed by atoms with van der Waals surface area (Å²) in [5, 5.41) is 1.06. The third-order valence-electron chi connectivity index (χ3n) is 7.49. The van der Waals surface area contributed by atoms with Crippen molar-refractivity contribution in [1.29, 1.82) is 0 Å². The van der Waals surface area contributed by atoms with E-state index in [1.54, 1.807) is 4.90 Å². The maximum Gasteiger partial charge on any atom is 0.410 e. The molecular weight excluding hydrogens is 498 g/mol. The van der Waals surface area contributed by atoms with Crippen molar-refractivity contribution in [3.8, 4) is 5.75 Å². The number of rotatable bonds is 8. The topological polar surface area (TPSA) is 75.1 Å². The standard InChI is InChI=1S/C29H47N3O5Si/c1-20-17-22(11-14-35-20)23-18-31(19-34-15-16-38(6,7)8)27-26(23)25(9-12-30-27)36-24-10-13-32(21(24)2)28(33)37-29(3,4)5/h9,12,18,20-22,24H,10-11,13-17,19H2,1-8H3/t20?,21-,22?,24-/m1/s1. The number of aromatic nitrogens is 2. The molecule has 0 N–H and O–H groups in total. The van der Waals surface area contributed by atoms with Crippen LogP contribution in [0.4, 0.5) is 4.79 Å². The molecule has 2 aliphatic heterocycles. The molecule has 8 nitrogen and oxygen atoms in total. The second-order valence-electron chi connectivity index (χ2n) is 13.2. The van der Waals surface area contributed by atoms with E-state index in [1.165, 1.54) is 5.56 Å². The van der Waals surface area contributed by atoms with Crippen LogP contribution in [0.1, 0.15) is 65.4 Å². The van der Waals surface area contributed by atoms with Crippen LogP contribution in [0, 0.1) is 0 Å². The van der Waals surface area contributed by atoms with E-state index >= 15 is 0 Å². The van der Waals surface area contributed by atoms with Crippen LogP contribution >= 0.6 is 0 Å². The first-order valence-electron chi connectivity index (χ1n) is 14.2. The van der Waals surface area contributed by atoms with Gasteiger partial charge in [0, 0.05) is 46.6 Å². The lowest BCUT2D eigenvalue weighted by molar-refractivity contribution is 0.0187. The molecule has 0 saturated carbocycles. The predicted molar refractivity (Wildman–Crippen MR) is 153 cm³/mol. The Hall–Kier alpha value is -2.10. The Morgan fingerprint density at radius 3 is 2.66 bits per heavy atom. The first-order valence-corrected chi connectivity index (χ1v) is 17.9. The van der Waals surface area contributed by atoms with Crippen molar-refractivity contribution in [2.45, 2.75) is 116 Å². The Morgan fingerprint density at radius 2 is 1.97 bits per heavy atom. The molecule has 0 aromatic carbocycles. The second-order valence-corrected chi connectivity index (χ2v) is 18.8. The van der Waals surface area contributed by atoms with Crippen molar-refractivity contribution in [1.82, 2.24) is 14.5 Å². The van der Waals surface area contributed by atoms with Gasteiger partial charge in [0.25, 0.3) is 0 Å². The van der Waals surface area contributed by atoms with E-state index in [4.69, 9.17) is 23.9 Å². The SMILES string of the molecule is CC1CC(c2cn(COCC[Si](C)(C)C)c3nccc(O[C@@H]4CCN(C(=O)OC(C)(C)C)[C@@H]4C)c23)CCO1. The number of pyridine rings is 1. The van der Waals surface area contributed by atoms with Crippen molar-refractivity contribution in [3.05, 3.63) is 24.0 Å². The van der Waals surface area contributed by atoms with Crippen molar-refractivity contribution < 1.29 is 23.7 Å². The maximum absolute atomic E-state index is 12.8. The summed E-state index contributed by atoms with van der Waals surface area (Å²) in [6, 6.07) is 3.01. The number of amides is 1. The molecule has 4 rings (SSSR count). The minimum absolute atomic E-state index is 0.0911. The van der Waals surface area contributed by atoms with Gasteiger partial charge in [-0.3, -0.25) is 0 Å². The molecule has 4 heterocycles. The van der Waals surface area contributed by atoms with Gasteiger partial charge in [-0.15, -0.1) is 0 Å². The highest BCUT2D eigenvalue weighted by atomic mass is 28.3. The summed E-state index contributed by atoms with van der Waals surface area (Å²) in [6.07, 6.45) is 6.55. The van der Waals surface area contributed by atoms with Gasteiger partial charge in [-0.25, -0.2) is 9.78 Å². The van der Waals surface area contributed by atoms with Crippen LogP contribution in [-0.2, 0) is 20.9 Å². The third-order valence-corrected chi connectivity index (χ3v) is 9.19. The first-order chi connectivity index (χ1) is 17.8. The lowest BCUT2D eigenvalue weighted by atomic mass is 9.89. The molecule has 9 heteroatoms. The van der Waals surface area contributed by atoms with E-state index in [0.29, 0.717) is 19.2 Å². The molecule has 0 spiro atoms. The van der Waals surface area contributed by atoms with Crippen LogP contribution in [0.25, 0.3) is 11.0 Å². The molecule has 0 aliphatic carbocycles. The molecule has 212 valence electrons. The average molecular weight is 546 g/mol. The molecule has 4 atom stereocenters. The largest absolute Gasteiger partial charge is 0.487 e. The van der Waals surface area contributed by atoms with Gasteiger partial charge in [0.2, 0.25) is 0 Å². The molecule has 2 unspecified atom stereocenters. The minimum atomic E-state index is -1.16. The maximum atomic E-state index is 12.8. The smallest absolute Gasteiger partial charge is 0.410 e. The Labute approximate surface area is 229 Å². The number of likely N-dealkylation sites (tertiary alicyclic amines) is 1.